The Balaban J connectivity index is 1.49. The topological polar surface area (TPSA) is 49.4 Å². The van der Waals surface area contributed by atoms with Gasteiger partial charge in [0.2, 0.25) is 5.91 Å². The number of thiophene rings is 1. The van der Waals surface area contributed by atoms with Gasteiger partial charge in [-0.15, -0.1) is 11.3 Å². The molecular weight excluding hydrogens is 320 g/mol. The molecule has 1 aromatic carbocycles. The van der Waals surface area contributed by atoms with Crippen molar-refractivity contribution in [3.8, 4) is 0 Å². The predicted molar refractivity (Wildman–Crippen MR) is 96.3 cm³/mol. The van der Waals surface area contributed by atoms with E-state index >= 15 is 0 Å². The number of carbonyl (C=O) groups is 2. The van der Waals surface area contributed by atoms with E-state index in [9.17, 15) is 9.59 Å². The van der Waals surface area contributed by atoms with Crippen LogP contribution in [-0.4, -0.2) is 35.8 Å². The smallest absolute Gasteiger partial charge is 0.251 e. The zero-order valence-corrected chi connectivity index (χ0v) is 14.6. The molecule has 1 aliphatic heterocycles. The third-order valence-corrected chi connectivity index (χ3v) is 5.35. The number of benzene rings is 1. The summed E-state index contributed by atoms with van der Waals surface area (Å²) < 4.78 is 0. The van der Waals surface area contributed by atoms with Gasteiger partial charge >= 0.3 is 0 Å². The van der Waals surface area contributed by atoms with E-state index in [-0.39, 0.29) is 17.9 Å². The number of hydrogen-bond acceptors (Lipinski definition) is 3. The van der Waals surface area contributed by atoms with Gasteiger partial charge in [0.15, 0.2) is 0 Å². The van der Waals surface area contributed by atoms with Crippen LogP contribution in [0.4, 0.5) is 0 Å². The monoisotopic (exact) mass is 342 g/mol. The van der Waals surface area contributed by atoms with Gasteiger partial charge in [0.25, 0.3) is 5.91 Å². The number of carbonyl (C=O) groups excluding carboxylic acids is 2. The Labute approximate surface area is 146 Å². The van der Waals surface area contributed by atoms with Crippen LogP contribution in [0.25, 0.3) is 0 Å². The zero-order valence-electron chi connectivity index (χ0n) is 13.8. The van der Waals surface area contributed by atoms with Gasteiger partial charge in [0.1, 0.15) is 0 Å². The van der Waals surface area contributed by atoms with Crippen molar-refractivity contribution in [3.63, 3.8) is 0 Å². The third-order valence-electron chi connectivity index (χ3n) is 4.48. The summed E-state index contributed by atoms with van der Waals surface area (Å²) in [5.41, 5.74) is 1.72. The Hall–Kier alpha value is -2.14. The van der Waals surface area contributed by atoms with Crippen molar-refractivity contribution in [1.82, 2.24) is 10.2 Å². The number of rotatable bonds is 4. The molecule has 24 heavy (non-hydrogen) atoms. The van der Waals surface area contributed by atoms with Crippen molar-refractivity contribution in [1.29, 1.82) is 0 Å². The van der Waals surface area contributed by atoms with E-state index in [0.29, 0.717) is 19.5 Å². The summed E-state index contributed by atoms with van der Waals surface area (Å²) in [6.07, 6.45) is 2.11. The van der Waals surface area contributed by atoms with Crippen LogP contribution in [0.5, 0.6) is 0 Å². The molecule has 2 amide bonds. The summed E-state index contributed by atoms with van der Waals surface area (Å²) in [6, 6.07) is 11.7. The molecule has 1 fully saturated rings. The van der Waals surface area contributed by atoms with Gasteiger partial charge in [-0.1, -0.05) is 24.3 Å². The first-order chi connectivity index (χ1) is 11.6. The fourth-order valence-corrected chi connectivity index (χ4v) is 3.73. The molecule has 1 saturated heterocycles. The Morgan fingerprint density at radius 3 is 2.58 bits per heavy atom. The zero-order chi connectivity index (χ0) is 16.9. The second-order valence-electron chi connectivity index (χ2n) is 6.20. The standard InChI is InChI=1S/C19H22N2O2S/c1-14-5-2-3-7-17(14)19(23)20-15-8-10-21(11-9-15)18(22)13-16-6-4-12-24-16/h2-7,12,15H,8-11,13H2,1H3,(H,20,23). The first-order valence-corrected chi connectivity index (χ1v) is 9.18. The fourth-order valence-electron chi connectivity index (χ4n) is 3.04. The summed E-state index contributed by atoms with van der Waals surface area (Å²) in [5.74, 6) is 0.164. The molecule has 0 spiro atoms. The molecule has 2 aromatic rings. The summed E-state index contributed by atoms with van der Waals surface area (Å²) in [6.45, 7) is 3.37. The van der Waals surface area contributed by atoms with Crippen molar-refractivity contribution < 1.29 is 9.59 Å². The number of nitrogens with zero attached hydrogens (tertiary/aromatic N) is 1. The first kappa shape index (κ1) is 16.7. The largest absolute Gasteiger partial charge is 0.349 e. The van der Waals surface area contributed by atoms with Crippen LogP contribution in [0.2, 0.25) is 0 Å². The average Bonchev–Trinajstić information content (AvgIpc) is 3.08. The number of amides is 2. The lowest BCUT2D eigenvalue weighted by atomic mass is 10.0. The normalized spacial score (nSPS) is 15.3. The molecule has 1 aromatic heterocycles. The van der Waals surface area contributed by atoms with Crippen molar-refractivity contribution in [3.05, 3.63) is 57.8 Å². The summed E-state index contributed by atoms with van der Waals surface area (Å²) in [4.78, 5) is 27.7. The van der Waals surface area contributed by atoms with Gasteiger partial charge in [0, 0.05) is 29.6 Å². The van der Waals surface area contributed by atoms with Crippen LogP contribution in [0.1, 0.15) is 33.6 Å². The number of piperidine rings is 1. The molecule has 0 radical (unpaired) electrons. The maximum Gasteiger partial charge on any atom is 0.251 e. The van der Waals surface area contributed by atoms with E-state index < -0.39 is 0 Å². The molecule has 126 valence electrons. The molecule has 0 aliphatic carbocycles. The molecule has 0 unspecified atom stereocenters. The lowest BCUT2D eigenvalue weighted by molar-refractivity contribution is -0.131. The van der Waals surface area contributed by atoms with Crippen LogP contribution < -0.4 is 5.32 Å². The summed E-state index contributed by atoms with van der Waals surface area (Å²) in [5, 5.41) is 5.10. The average molecular weight is 342 g/mol. The predicted octanol–water partition coefficient (Wildman–Crippen LogP) is 3.02. The van der Waals surface area contributed by atoms with Crippen LogP contribution in [0.3, 0.4) is 0 Å². The molecule has 1 N–H and O–H groups in total. The molecule has 0 saturated carbocycles. The van der Waals surface area contributed by atoms with Crippen molar-refractivity contribution in [2.75, 3.05) is 13.1 Å². The molecule has 0 bridgehead atoms. The Kier molecular flexibility index (Phi) is 5.30. The molecule has 4 nitrogen and oxygen atoms in total. The van der Waals surface area contributed by atoms with E-state index in [4.69, 9.17) is 0 Å². The van der Waals surface area contributed by atoms with Crippen LogP contribution in [0.15, 0.2) is 41.8 Å². The Bertz CT molecular complexity index is 704. The highest BCUT2D eigenvalue weighted by Crippen LogP contribution is 2.16. The molecular formula is C19H22N2O2S. The van der Waals surface area contributed by atoms with Crippen LogP contribution in [0, 0.1) is 6.92 Å². The minimum atomic E-state index is -0.0172. The third kappa shape index (κ3) is 4.03. The van der Waals surface area contributed by atoms with Crippen molar-refractivity contribution >= 4 is 23.2 Å². The van der Waals surface area contributed by atoms with E-state index in [1.807, 2.05) is 53.6 Å². The van der Waals surface area contributed by atoms with Gasteiger partial charge in [-0.3, -0.25) is 9.59 Å². The van der Waals surface area contributed by atoms with Gasteiger partial charge in [0.05, 0.1) is 6.42 Å². The minimum Gasteiger partial charge on any atom is -0.349 e. The number of hydrogen-bond donors (Lipinski definition) is 1. The Morgan fingerprint density at radius 1 is 1.17 bits per heavy atom. The highest BCUT2D eigenvalue weighted by atomic mass is 32.1. The lowest BCUT2D eigenvalue weighted by Gasteiger charge is -2.32. The van der Waals surface area contributed by atoms with Gasteiger partial charge in [-0.2, -0.15) is 0 Å². The van der Waals surface area contributed by atoms with E-state index in [0.717, 1.165) is 28.8 Å². The summed E-state index contributed by atoms with van der Waals surface area (Å²) in [7, 11) is 0. The Morgan fingerprint density at radius 2 is 1.92 bits per heavy atom. The van der Waals surface area contributed by atoms with Gasteiger partial charge < -0.3 is 10.2 Å². The van der Waals surface area contributed by atoms with Gasteiger partial charge in [-0.25, -0.2) is 0 Å². The number of aryl methyl sites for hydroxylation is 1. The minimum absolute atomic E-state index is 0.0172. The van der Waals surface area contributed by atoms with E-state index in [1.54, 1.807) is 11.3 Å². The fraction of sp³-hybridized carbons (Fsp3) is 0.368. The summed E-state index contributed by atoms with van der Waals surface area (Å²) >= 11 is 1.62. The highest BCUT2D eigenvalue weighted by Gasteiger charge is 2.24. The molecule has 3 rings (SSSR count). The first-order valence-electron chi connectivity index (χ1n) is 8.30. The molecule has 2 heterocycles. The highest BCUT2D eigenvalue weighted by molar-refractivity contribution is 7.10. The quantitative estimate of drug-likeness (QED) is 0.928. The second-order valence-corrected chi connectivity index (χ2v) is 7.23. The second kappa shape index (κ2) is 7.62. The number of likely N-dealkylation sites (tertiary alicyclic amines) is 1. The molecule has 5 heteroatoms. The SMILES string of the molecule is Cc1ccccc1C(=O)NC1CCN(C(=O)Cc2cccs2)CC1. The van der Waals surface area contributed by atoms with Crippen molar-refractivity contribution in [2.24, 2.45) is 0 Å². The molecule has 0 atom stereocenters. The van der Waals surface area contributed by atoms with Crippen LogP contribution >= 0.6 is 11.3 Å². The maximum absolute atomic E-state index is 12.4. The van der Waals surface area contributed by atoms with Crippen molar-refractivity contribution in [2.45, 2.75) is 32.2 Å². The maximum atomic E-state index is 12.4. The lowest BCUT2D eigenvalue weighted by Crippen LogP contribution is -2.47. The van der Waals surface area contributed by atoms with Crippen LogP contribution in [-0.2, 0) is 11.2 Å². The van der Waals surface area contributed by atoms with E-state index in [2.05, 4.69) is 5.32 Å². The van der Waals surface area contributed by atoms with E-state index in [1.165, 1.54) is 0 Å². The van der Waals surface area contributed by atoms with Gasteiger partial charge in [-0.05, 0) is 42.8 Å². The number of nitrogens with one attached hydrogen (secondary N) is 1. The molecule has 1 aliphatic rings.